The van der Waals surface area contributed by atoms with Gasteiger partial charge in [-0.15, -0.1) is 0 Å². The van der Waals surface area contributed by atoms with Gasteiger partial charge in [-0.25, -0.2) is 0 Å². The van der Waals surface area contributed by atoms with Gasteiger partial charge >= 0.3 is 0 Å². The lowest BCUT2D eigenvalue weighted by atomic mass is 9.80. The fourth-order valence-corrected chi connectivity index (χ4v) is 4.55. The molecule has 2 fully saturated rings. The molecule has 0 saturated heterocycles. The molecule has 34 heavy (non-hydrogen) atoms. The number of rotatable bonds is 8. The molecule has 0 N–H and O–H groups in total. The third-order valence-electron chi connectivity index (χ3n) is 7.00. The molecule has 1 atom stereocenters. The van der Waals surface area contributed by atoms with E-state index in [1.807, 2.05) is 61.5 Å². The lowest BCUT2D eigenvalue weighted by Crippen LogP contribution is -2.21. The summed E-state index contributed by atoms with van der Waals surface area (Å²) in [6.07, 6.45) is 11.0. The van der Waals surface area contributed by atoms with Crippen LogP contribution in [-0.2, 0) is 0 Å². The van der Waals surface area contributed by atoms with Gasteiger partial charge in [0, 0.05) is 23.0 Å². The van der Waals surface area contributed by atoms with Gasteiger partial charge in [0.2, 0.25) is 0 Å². The summed E-state index contributed by atoms with van der Waals surface area (Å²) in [6, 6.07) is 17.5. The van der Waals surface area contributed by atoms with Gasteiger partial charge in [-0.3, -0.25) is 9.59 Å². The monoisotopic (exact) mass is 462 g/mol. The molecule has 2 heteroatoms. The van der Waals surface area contributed by atoms with Crippen molar-refractivity contribution in [2.45, 2.75) is 92.4 Å². The highest BCUT2D eigenvalue weighted by Gasteiger charge is 2.26. The van der Waals surface area contributed by atoms with Crippen molar-refractivity contribution in [1.29, 1.82) is 0 Å². The quantitative estimate of drug-likeness (QED) is 0.366. The lowest BCUT2D eigenvalue weighted by molar-refractivity contribution is 0.0848. The van der Waals surface area contributed by atoms with Crippen LogP contribution in [-0.4, -0.2) is 11.6 Å². The van der Waals surface area contributed by atoms with Crippen molar-refractivity contribution in [2.75, 3.05) is 0 Å². The SMILES string of the molecule is CCCC(C)CC(C)C.Cc1ccc(C(=O)C2CCC2)cc1.O=C(c1ccccc1)C1CCC1. The van der Waals surface area contributed by atoms with Gasteiger partial charge in [0.05, 0.1) is 0 Å². The first-order valence-corrected chi connectivity index (χ1v) is 13.5. The molecule has 2 aromatic carbocycles. The highest BCUT2D eigenvalue weighted by atomic mass is 16.1. The molecule has 0 amide bonds. The summed E-state index contributed by atoms with van der Waals surface area (Å²) in [5.41, 5.74) is 2.97. The molecular formula is C32H46O2. The van der Waals surface area contributed by atoms with Gasteiger partial charge in [0.1, 0.15) is 0 Å². The summed E-state index contributed by atoms with van der Waals surface area (Å²) in [5, 5.41) is 0. The normalized spacial score (nSPS) is 16.2. The summed E-state index contributed by atoms with van der Waals surface area (Å²) in [5.74, 6) is 3.14. The Hall–Kier alpha value is -2.22. The number of carbonyl (C=O) groups excluding carboxylic acids is 2. The number of aryl methyl sites for hydroxylation is 1. The van der Waals surface area contributed by atoms with Crippen molar-refractivity contribution in [2.24, 2.45) is 23.7 Å². The summed E-state index contributed by atoms with van der Waals surface area (Å²) >= 11 is 0. The molecule has 2 aliphatic rings. The molecule has 0 aromatic heterocycles. The molecule has 4 rings (SSSR count). The maximum atomic E-state index is 11.7. The molecule has 2 aliphatic carbocycles. The Kier molecular flexibility index (Phi) is 12.3. The smallest absolute Gasteiger partial charge is 0.165 e. The number of ketones is 2. The van der Waals surface area contributed by atoms with Crippen LogP contribution in [0.5, 0.6) is 0 Å². The van der Waals surface area contributed by atoms with Gasteiger partial charge in [0.15, 0.2) is 11.6 Å². The van der Waals surface area contributed by atoms with E-state index in [0.29, 0.717) is 23.4 Å². The van der Waals surface area contributed by atoms with Crippen LogP contribution < -0.4 is 0 Å². The predicted molar refractivity (Wildman–Crippen MR) is 144 cm³/mol. The van der Waals surface area contributed by atoms with Crippen molar-refractivity contribution in [1.82, 2.24) is 0 Å². The fraction of sp³-hybridized carbons (Fsp3) is 0.562. The Balaban J connectivity index is 0.000000184. The summed E-state index contributed by atoms with van der Waals surface area (Å²) < 4.78 is 0. The van der Waals surface area contributed by atoms with E-state index in [4.69, 9.17) is 0 Å². The van der Waals surface area contributed by atoms with Gasteiger partial charge < -0.3 is 0 Å². The third-order valence-corrected chi connectivity index (χ3v) is 7.00. The molecule has 0 bridgehead atoms. The maximum Gasteiger partial charge on any atom is 0.165 e. The molecule has 2 saturated carbocycles. The summed E-state index contributed by atoms with van der Waals surface area (Å²) in [7, 11) is 0. The molecule has 0 heterocycles. The zero-order chi connectivity index (χ0) is 24.9. The van der Waals surface area contributed by atoms with Crippen molar-refractivity contribution in [3.05, 3.63) is 71.3 Å². The summed E-state index contributed by atoms with van der Waals surface area (Å²) in [4.78, 5) is 23.4. The first-order valence-electron chi connectivity index (χ1n) is 13.5. The van der Waals surface area contributed by atoms with E-state index in [9.17, 15) is 9.59 Å². The second-order valence-corrected chi connectivity index (χ2v) is 10.7. The molecule has 186 valence electrons. The van der Waals surface area contributed by atoms with E-state index in [1.54, 1.807) is 0 Å². The van der Waals surface area contributed by atoms with E-state index in [1.165, 1.54) is 37.7 Å². The number of hydrogen-bond donors (Lipinski definition) is 0. The highest BCUT2D eigenvalue weighted by molar-refractivity contribution is 5.98. The first kappa shape index (κ1) is 28.0. The number of hydrogen-bond acceptors (Lipinski definition) is 2. The van der Waals surface area contributed by atoms with Gasteiger partial charge in [0.25, 0.3) is 0 Å². The Bertz CT molecular complexity index is 842. The number of benzene rings is 2. The van der Waals surface area contributed by atoms with Gasteiger partial charge in [-0.2, -0.15) is 0 Å². The van der Waals surface area contributed by atoms with Crippen LogP contribution in [0.3, 0.4) is 0 Å². The van der Waals surface area contributed by atoms with Gasteiger partial charge in [-0.1, -0.05) is 114 Å². The average Bonchev–Trinajstić information content (AvgIpc) is 2.73. The van der Waals surface area contributed by atoms with Crippen molar-refractivity contribution < 1.29 is 9.59 Å². The zero-order valence-corrected chi connectivity index (χ0v) is 22.2. The maximum absolute atomic E-state index is 11.7. The van der Waals surface area contributed by atoms with Crippen LogP contribution in [0.15, 0.2) is 54.6 Å². The van der Waals surface area contributed by atoms with Crippen molar-refractivity contribution in [3.63, 3.8) is 0 Å². The van der Waals surface area contributed by atoms with Crippen LogP contribution in [0, 0.1) is 30.6 Å². The molecule has 0 aliphatic heterocycles. The Morgan fingerprint density at radius 1 is 0.765 bits per heavy atom. The van der Waals surface area contributed by atoms with Crippen molar-refractivity contribution in [3.8, 4) is 0 Å². The minimum atomic E-state index is 0.322. The zero-order valence-electron chi connectivity index (χ0n) is 22.2. The Labute approximate surface area is 208 Å². The number of carbonyl (C=O) groups is 2. The van der Waals surface area contributed by atoms with E-state index in [2.05, 4.69) is 27.7 Å². The third kappa shape index (κ3) is 9.57. The topological polar surface area (TPSA) is 34.1 Å². The summed E-state index contributed by atoms with van der Waals surface area (Å²) in [6.45, 7) is 11.2. The predicted octanol–water partition coefficient (Wildman–Crippen LogP) is 9.12. The van der Waals surface area contributed by atoms with E-state index < -0.39 is 0 Å². The Morgan fingerprint density at radius 3 is 1.62 bits per heavy atom. The largest absolute Gasteiger partial charge is 0.294 e. The Morgan fingerprint density at radius 2 is 1.24 bits per heavy atom. The van der Waals surface area contributed by atoms with E-state index >= 15 is 0 Å². The van der Waals surface area contributed by atoms with Gasteiger partial charge in [-0.05, 0) is 50.9 Å². The second-order valence-electron chi connectivity index (χ2n) is 10.7. The molecule has 0 radical (unpaired) electrons. The molecule has 2 aromatic rings. The van der Waals surface area contributed by atoms with Crippen LogP contribution in [0.1, 0.15) is 112 Å². The highest BCUT2D eigenvalue weighted by Crippen LogP contribution is 2.30. The minimum absolute atomic E-state index is 0.322. The molecule has 1 unspecified atom stereocenters. The van der Waals surface area contributed by atoms with Crippen LogP contribution in [0.2, 0.25) is 0 Å². The van der Waals surface area contributed by atoms with Crippen LogP contribution in [0.4, 0.5) is 0 Å². The minimum Gasteiger partial charge on any atom is -0.294 e. The van der Waals surface area contributed by atoms with E-state index in [-0.39, 0.29) is 0 Å². The van der Waals surface area contributed by atoms with Crippen LogP contribution >= 0.6 is 0 Å². The second kappa shape index (κ2) is 14.9. The standard InChI is InChI=1S/C12H14O.C11H12O.C9H20/c1-9-5-7-11(8-6-9)12(13)10-3-2-4-10;12-11(10-7-4-8-10)9-5-2-1-3-6-9;1-5-6-9(4)7-8(2)3/h5-8,10H,2-4H2,1H3;1-3,5-6,10H,4,7-8H2;8-9H,5-7H2,1-4H3. The first-order chi connectivity index (χ1) is 16.3. The number of Topliss-reactive ketones (excluding diaryl/α,β-unsaturated/α-hetero) is 2. The van der Waals surface area contributed by atoms with E-state index in [0.717, 1.165) is 48.6 Å². The lowest BCUT2D eigenvalue weighted by Gasteiger charge is -2.23. The molecule has 2 nitrogen and oxygen atoms in total. The molecular weight excluding hydrogens is 416 g/mol. The van der Waals surface area contributed by atoms with Crippen LogP contribution in [0.25, 0.3) is 0 Å². The average molecular weight is 463 g/mol. The fourth-order valence-electron chi connectivity index (χ4n) is 4.55. The van der Waals surface area contributed by atoms with Crippen molar-refractivity contribution >= 4 is 11.6 Å². The molecule has 0 spiro atoms.